The van der Waals surface area contributed by atoms with Crippen LogP contribution in [0.4, 0.5) is 5.69 Å². The highest BCUT2D eigenvalue weighted by Crippen LogP contribution is 2.34. The van der Waals surface area contributed by atoms with Gasteiger partial charge in [-0.3, -0.25) is 0 Å². The Bertz CT molecular complexity index is 761. The maximum Gasteiger partial charge on any atom is 0.336 e. The number of carboxylic acid groups (broad SMARTS) is 1. The van der Waals surface area contributed by atoms with Gasteiger partial charge in [0.2, 0.25) is 0 Å². The second-order valence-electron chi connectivity index (χ2n) is 5.39. The molecular weight excluding hydrogens is 386 g/mol. The molecule has 0 radical (unpaired) electrons. The maximum atomic E-state index is 11.3. The van der Waals surface area contributed by atoms with Crippen LogP contribution in [0.3, 0.4) is 0 Å². The van der Waals surface area contributed by atoms with Crippen molar-refractivity contribution in [3.8, 4) is 11.5 Å². The number of anilines is 1. The summed E-state index contributed by atoms with van der Waals surface area (Å²) in [5.74, 6) is 0.464. The van der Waals surface area contributed by atoms with E-state index in [1.165, 1.54) is 0 Å². The monoisotopic (exact) mass is 407 g/mol. The number of halogens is 1. The van der Waals surface area contributed by atoms with Crippen molar-refractivity contribution in [3.05, 3.63) is 51.5 Å². The van der Waals surface area contributed by atoms with Gasteiger partial charge in [0.1, 0.15) is 0 Å². The van der Waals surface area contributed by atoms with Crippen molar-refractivity contribution >= 4 is 27.6 Å². The molecule has 0 aromatic heterocycles. The molecule has 0 aliphatic rings. The Morgan fingerprint density at radius 3 is 2.40 bits per heavy atom. The maximum absolute atomic E-state index is 11.3. The number of nitrogens with one attached hydrogen (secondary N) is 1. The van der Waals surface area contributed by atoms with Crippen LogP contribution in [0.25, 0.3) is 0 Å². The van der Waals surface area contributed by atoms with E-state index in [4.69, 9.17) is 9.47 Å². The van der Waals surface area contributed by atoms with Gasteiger partial charge in [-0.2, -0.15) is 0 Å². The van der Waals surface area contributed by atoms with E-state index in [2.05, 4.69) is 21.2 Å². The van der Waals surface area contributed by atoms with Gasteiger partial charge in [0.05, 0.1) is 18.8 Å². The Kier molecular flexibility index (Phi) is 6.70. The van der Waals surface area contributed by atoms with Gasteiger partial charge >= 0.3 is 5.97 Å². The molecule has 2 rings (SSSR count). The van der Waals surface area contributed by atoms with Gasteiger partial charge in [-0.25, -0.2) is 4.79 Å². The van der Waals surface area contributed by atoms with Crippen molar-refractivity contribution < 1.29 is 19.4 Å². The first-order valence-corrected chi connectivity index (χ1v) is 8.92. The van der Waals surface area contributed by atoms with Crippen LogP contribution in [-0.2, 0) is 6.54 Å². The Balaban J connectivity index is 2.25. The third kappa shape index (κ3) is 4.66. The molecule has 2 aromatic rings. The lowest BCUT2D eigenvalue weighted by atomic mass is 10.1. The van der Waals surface area contributed by atoms with Gasteiger partial charge in [0.15, 0.2) is 11.5 Å². The highest BCUT2D eigenvalue weighted by Gasteiger charge is 2.13. The predicted molar refractivity (Wildman–Crippen MR) is 102 cm³/mol. The van der Waals surface area contributed by atoms with Crippen LogP contribution < -0.4 is 14.8 Å². The first-order chi connectivity index (χ1) is 12.0. The Morgan fingerprint density at radius 2 is 1.80 bits per heavy atom. The van der Waals surface area contributed by atoms with Crippen LogP contribution in [0.1, 0.15) is 35.3 Å². The molecule has 134 valence electrons. The molecule has 0 amide bonds. The number of benzene rings is 2. The van der Waals surface area contributed by atoms with Crippen LogP contribution in [0, 0.1) is 6.92 Å². The highest BCUT2D eigenvalue weighted by molar-refractivity contribution is 9.10. The van der Waals surface area contributed by atoms with E-state index in [0.717, 1.165) is 15.7 Å². The van der Waals surface area contributed by atoms with Gasteiger partial charge < -0.3 is 19.9 Å². The van der Waals surface area contributed by atoms with E-state index in [1.807, 2.05) is 32.0 Å². The number of carbonyl (C=O) groups is 1. The summed E-state index contributed by atoms with van der Waals surface area (Å²) in [7, 11) is 0. The molecule has 0 saturated heterocycles. The second kappa shape index (κ2) is 8.76. The van der Waals surface area contributed by atoms with E-state index in [9.17, 15) is 9.90 Å². The van der Waals surface area contributed by atoms with Crippen LogP contribution in [0.15, 0.2) is 34.8 Å². The smallest absolute Gasteiger partial charge is 0.336 e. The molecule has 0 spiro atoms. The number of aromatic carboxylic acids is 1. The summed E-state index contributed by atoms with van der Waals surface area (Å²) in [6, 6.07) is 9.03. The average Bonchev–Trinajstić information content (AvgIpc) is 2.57. The Labute approximate surface area is 156 Å². The Hall–Kier alpha value is -2.21. The van der Waals surface area contributed by atoms with Crippen LogP contribution in [0.5, 0.6) is 11.5 Å². The molecule has 0 heterocycles. The summed E-state index contributed by atoms with van der Waals surface area (Å²) in [5, 5.41) is 12.5. The highest BCUT2D eigenvalue weighted by atomic mass is 79.9. The number of hydrogen-bond acceptors (Lipinski definition) is 4. The van der Waals surface area contributed by atoms with Crippen molar-refractivity contribution in [2.75, 3.05) is 18.5 Å². The zero-order valence-electron chi connectivity index (χ0n) is 14.6. The van der Waals surface area contributed by atoms with Crippen molar-refractivity contribution in [1.29, 1.82) is 0 Å². The van der Waals surface area contributed by atoms with Gasteiger partial charge in [-0.1, -0.05) is 22.0 Å². The molecule has 0 atom stereocenters. The fraction of sp³-hybridized carbons (Fsp3) is 0.316. The molecule has 0 bridgehead atoms. The summed E-state index contributed by atoms with van der Waals surface area (Å²) in [4.78, 5) is 11.3. The number of ether oxygens (including phenoxy) is 2. The molecule has 0 unspecified atom stereocenters. The number of hydrogen-bond donors (Lipinski definition) is 2. The fourth-order valence-electron chi connectivity index (χ4n) is 2.50. The lowest BCUT2D eigenvalue weighted by Gasteiger charge is -2.16. The summed E-state index contributed by atoms with van der Waals surface area (Å²) >= 11 is 3.56. The quantitative estimate of drug-likeness (QED) is 0.653. The third-order valence-electron chi connectivity index (χ3n) is 3.75. The first-order valence-electron chi connectivity index (χ1n) is 8.12. The predicted octanol–water partition coefficient (Wildman–Crippen LogP) is 4.87. The molecule has 2 aromatic carbocycles. The number of carboxylic acids is 1. The minimum atomic E-state index is -0.929. The van der Waals surface area contributed by atoms with Gasteiger partial charge in [-0.15, -0.1) is 0 Å². The normalized spacial score (nSPS) is 10.4. The fourth-order valence-corrected chi connectivity index (χ4v) is 2.96. The number of rotatable bonds is 8. The molecular formula is C19H22BrNO4. The first kappa shape index (κ1) is 19.1. The van der Waals surface area contributed by atoms with E-state index < -0.39 is 5.97 Å². The van der Waals surface area contributed by atoms with Gasteiger partial charge in [-0.05, 0) is 56.2 Å². The Morgan fingerprint density at radius 1 is 1.16 bits per heavy atom. The topological polar surface area (TPSA) is 67.8 Å². The minimum absolute atomic E-state index is 0.297. The standard InChI is InChI=1S/C19H22BrNO4/c1-4-24-17-9-13(15(20)10-18(17)25-5-2)11-21-16-8-6-7-14(12(16)3)19(22)23/h6-10,21H,4-5,11H2,1-3H3,(H,22,23). The summed E-state index contributed by atoms with van der Waals surface area (Å²) in [6.45, 7) is 7.29. The van der Waals surface area contributed by atoms with Crippen LogP contribution >= 0.6 is 15.9 Å². The van der Waals surface area contributed by atoms with Gasteiger partial charge in [0, 0.05) is 16.7 Å². The zero-order valence-corrected chi connectivity index (χ0v) is 16.1. The average molecular weight is 408 g/mol. The molecule has 2 N–H and O–H groups in total. The van der Waals surface area contributed by atoms with Crippen molar-refractivity contribution in [3.63, 3.8) is 0 Å². The zero-order chi connectivity index (χ0) is 18.4. The van der Waals surface area contributed by atoms with Crippen molar-refractivity contribution in [2.24, 2.45) is 0 Å². The van der Waals surface area contributed by atoms with Crippen LogP contribution in [-0.4, -0.2) is 24.3 Å². The van der Waals surface area contributed by atoms with E-state index in [-0.39, 0.29) is 0 Å². The molecule has 6 heteroatoms. The molecule has 0 aliphatic carbocycles. The summed E-state index contributed by atoms with van der Waals surface area (Å²) in [5.41, 5.74) is 2.79. The molecule has 5 nitrogen and oxygen atoms in total. The van der Waals surface area contributed by atoms with E-state index >= 15 is 0 Å². The molecule has 0 aliphatic heterocycles. The van der Waals surface area contributed by atoms with Crippen LogP contribution in [0.2, 0.25) is 0 Å². The largest absolute Gasteiger partial charge is 0.490 e. The molecule has 25 heavy (non-hydrogen) atoms. The van der Waals surface area contributed by atoms with Crippen molar-refractivity contribution in [1.82, 2.24) is 0 Å². The van der Waals surface area contributed by atoms with Crippen molar-refractivity contribution in [2.45, 2.75) is 27.3 Å². The van der Waals surface area contributed by atoms with Gasteiger partial charge in [0.25, 0.3) is 0 Å². The SMILES string of the molecule is CCOc1cc(Br)c(CNc2cccc(C(=O)O)c2C)cc1OCC. The van der Waals surface area contributed by atoms with E-state index in [0.29, 0.717) is 42.4 Å². The lowest BCUT2D eigenvalue weighted by Crippen LogP contribution is -2.07. The van der Waals surface area contributed by atoms with E-state index in [1.54, 1.807) is 19.1 Å². The lowest BCUT2D eigenvalue weighted by molar-refractivity contribution is 0.0696. The summed E-state index contributed by atoms with van der Waals surface area (Å²) < 4.78 is 12.2. The summed E-state index contributed by atoms with van der Waals surface area (Å²) in [6.07, 6.45) is 0. The molecule has 0 fully saturated rings. The minimum Gasteiger partial charge on any atom is -0.490 e. The third-order valence-corrected chi connectivity index (χ3v) is 4.48. The second-order valence-corrected chi connectivity index (χ2v) is 6.25. The molecule has 0 saturated carbocycles.